The molecule has 2 heterocycles. The Hall–Kier alpha value is -2.53. The first-order chi connectivity index (χ1) is 11.8. The van der Waals surface area contributed by atoms with E-state index in [9.17, 15) is 23.6 Å². The van der Waals surface area contributed by atoms with Crippen molar-refractivity contribution in [3.05, 3.63) is 32.9 Å². The maximum Gasteiger partial charge on any atom is 0.362 e. The number of aromatic amines is 1. The topological polar surface area (TPSA) is 120 Å². The number of nitrogens with one attached hydrogen (secondary N) is 1. The van der Waals surface area contributed by atoms with Crippen LogP contribution in [0.4, 0.5) is 4.39 Å². The van der Waals surface area contributed by atoms with Crippen molar-refractivity contribution < 1.29 is 28.3 Å². The van der Waals surface area contributed by atoms with E-state index in [1.54, 1.807) is 11.9 Å². The van der Waals surface area contributed by atoms with Gasteiger partial charge in [-0.15, -0.1) is 0 Å². The number of hydroxylamine groups is 2. The number of halogens is 1. The second kappa shape index (κ2) is 7.15. The summed E-state index contributed by atoms with van der Waals surface area (Å²) in [4.78, 5) is 55.1. The lowest BCUT2D eigenvalue weighted by molar-refractivity contribution is -0.238. The van der Waals surface area contributed by atoms with Crippen LogP contribution in [-0.2, 0) is 29.6 Å². The van der Waals surface area contributed by atoms with Crippen LogP contribution in [0.5, 0.6) is 0 Å². The van der Waals surface area contributed by atoms with E-state index in [1.807, 2.05) is 0 Å². The number of likely N-dealkylation sites (N-methyl/N-ethyl adjacent to an activating group) is 1. The predicted molar refractivity (Wildman–Crippen MR) is 79.8 cm³/mol. The molecule has 0 unspecified atom stereocenters. The van der Waals surface area contributed by atoms with Crippen LogP contribution in [-0.4, -0.2) is 52.9 Å². The van der Waals surface area contributed by atoms with E-state index in [0.717, 1.165) is 5.06 Å². The Labute approximate surface area is 141 Å². The number of H-pyrrole nitrogens is 1. The Bertz CT molecular complexity index is 789. The molecular formula is C14H18FN3O7. The van der Waals surface area contributed by atoms with E-state index in [0.29, 0.717) is 10.8 Å². The van der Waals surface area contributed by atoms with Crippen molar-refractivity contribution in [2.24, 2.45) is 0 Å². The van der Waals surface area contributed by atoms with Crippen molar-refractivity contribution >= 4 is 11.9 Å². The molecule has 1 aromatic rings. The maximum atomic E-state index is 13.7. The molecule has 1 fully saturated rings. The minimum absolute atomic E-state index is 0.0433. The number of rotatable bonds is 5. The molecule has 2 atom stereocenters. The molecule has 1 aromatic heterocycles. The molecule has 0 saturated carbocycles. The number of nitrogens with zero attached hydrogens (tertiary/aromatic N) is 2. The number of esters is 2. The number of hydrogen-bond donors (Lipinski definition) is 1. The van der Waals surface area contributed by atoms with Gasteiger partial charge < -0.3 is 9.47 Å². The highest BCUT2D eigenvalue weighted by Gasteiger charge is 2.56. The van der Waals surface area contributed by atoms with E-state index in [4.69, 9.17) is 14.3 Å². The van der Waals surface area contributed by atoms with Gasteiger partial charge in [-0.3, -0.25) is 24.0 Å². The molecular weight excluding hydrogens is 341 g/mol. The minimum atomic E-state index is -2.15. The molecule has 0 amide bonds. The van der Waals surface area contributed by atoms with Crippen LogP contribution < -0.4 is 11.2 Å². The quantitative estimate of drug-likeness (QED) is 0.671. The summed E-state index contributed by atoms with van der Waals surface area (Å²) >= 11 is 0. The number of carbonyl (C=O) groups excluding carboxylic acids is 2. The molecule has 0 aromatic carbocycles. The molecule has 1 saturated heterocycles. The van der Waals surface area contributed by atoms with Crippen molar-refractivity contribution in [1.82, 2.24) is 14.6 Å². The molecule has 0 bridgehead atoms. The van der Waals surface area contributed by atoms with E-state index < -0.39 is 40.8 Å². The summed E-state index contributed by atoms with van der Waals surface area (Å²) < 4.78 is 24.1. The molecule has 1 aliphatic heterocycles. The number of carbonyl (C=O) groups is 2. The van der Waals surface area contributed by atoms with Gasteiger partial charge in [-0.2, -0.15) is 9.45 Å². The summed E-state index contributed by atoms with van der Waals surface area (Å²) in [6, 6.07) is -1.04. The van der Waals surface area contributed by atoms with Gasteiger partial charge in [0.2, 0.25) is 5.82 Å². The monoisotopic (exact) mass is 359 g/mol. The largest absolute Gasteiger partial charge is 0.465 e. The lowest BCUT2D eigenvalue weighted by atomic mass is 10.0. The van der Waals surface area contributed by atoms with Gasteiger partial charge in [0.05, 0.1) is 19.4 Å². The molecule has 2 rings (SSSR count). The molecule has 1 N–H and O–H groups in total. The molecule has 11 heteroatoms. The SMILES string of the molecule is CCOC(=O)[C@H]1C[C@](C(=O)OCC)(n2cc(F)c(=O)[nH]c2=O)ON1C. The van der Waals surface area contributed by atoms with Gasteiger partial charge in [0.25, 0.3) is 11.3 Å². The van der Waals surface area contributed by atoms with Crippen LogP contribution in [0.25, 0.3) is 0 Å². The highest BCUT2D eigenvalue weighted by molar-refractivity contribution is 5.81. The van der Waals surface area contributed by atoms with Gasteiger partial charge in [-0.25, -0.2) is 9.59 Å². The van der Waals surface area contributed by atoms with Crippen LogP contribution in [0.1, 0.15) is 20.3 Å². The molecule has 0 aliphatic carbocycles. The normalized spacial score (nSPS) is 23.4. The molecule has 25 heavy (non-hydrogen) atoms. The van der Waals surface area contributed by atoms with Gasteiger partial charge >= 0.3 is 17.6 Å². The Morgan fingerprint density at radius 1 is 1.36 bits per heavy atom. The van der Waals surface area contributed by atoms with Crippen molar-refractivity contribution in [2.45, 2.75) is 32.0 Å². The van der Waals surface area contributed by atoms with E-state index in [-0.39, 0.29) is 19.6 Å². The van der Waals surface area contributed by atoms with Gasteiger partial charge in [-0.1, -0.05) is 0 Å². The summed E-state index contributed by atoms with van der Waals surface area (Å²) in [5.74, 6) is -2.99. The first-order valence-corrected chi connectivity index (χ1v) is 7.54. The molecule has 138 valence electrons. The average molecular weight is 359 g/mol. The third-order valence-corrected chi connectivity index (χ3v) is 3.64. The third-order valence-electron chi connectivity index (χ3n) is 3.64. The van der Waals surface area contributed by atoms with E-state index in [2.05, 4.69) is 0 Å². The minimum Gasteiger partial charge on any atom is -0.465 e. The standard InChI is InChI=1S/C14H18FN3O7/c1-4-23-11(20)9-6-14(25-17(9)3,12(21)24-5-2)18-7-8(15)10(19)16-13(18)22/h7,9H,4-6H2,1-3H3,(H,16,19,22)/t9-,14+/m1/s1. The predicted octanol–water partition coefficient (Wildman–Crippen LogP) is -0.910. The van der Waals surface area contributed by atoms with Crippen molar-refractivity contribution in [3.8, 4) is 0 Å². The number of ether oxygens (including phenoxy) is 2. The lowest BCUT2D eigenvalue weighted by Crippen LogP contribution is -2.51. The molecule has 1 aliphatic rings. The number of hydrogen-bond acceptors (Lipinski definition) is 8. The zero-order chi connectivity index (χ0) is 18.8. The fourth-order valence-electron chi connectivity index (χ4n) is 2.52. The Balaban J connectivity index is 2.57. The lowest BCUT2D eigenvalue weighted by Gasteiger charge is -2.27. The summed E-state index contributed by atoms with van der Waals surface area (Å²) in [5.41, 5.74) is -4.48. The zero-order valence-corrected chi connectivity index (χ0v) is 13.9. The van der Waals surface area contributed by atoms with Gasteiger partial charge in [0.15, 0.2) is 0 Å². The Morgan fingerprint density at radius 3 is 2.60 bits per heavy atom. The van der Waals surface area contributed by atoms with Crippen LogP contribution in [0.15, 0.2) is 15.8 Å². The van der Waals surface area contributed by atoms with E-state index in [1.165, 1.54) is 14.0 Å². The summed E-state index contributed by atoms with van der Waals surface area (Å²) in [5, 5.41) is 1.03. The Morgan fingerprint density at radius 2 is 2.00 bits per heavy atom. The second-order valence-electron chi connectivity index (χ2n) is 5.22. The molecule has 0 spiro atoms. The van der Waals surface area contributed by atoms with Crippen LogP contribution in [0.2, 0.25) is 0 Å². The van der Waals surface area contributed by atoms with Gasteiger partial charge in [0, 0.05) is 13.5 Å². The van der Waals surface area contributed by atoms with Crippen molar-refractivity contribution in [2.75, 3.05) is 20.3 Å². The first kappa shape index (κ1) is 18.8. The summed E-state index contributed by atoms with van der Waals surface area (Å²) in [6.07, 6.45) is 0.173. The van der Waals surface area contributed by atoms with Crippen LogP contribution in [0, 0.1) is 5.82 Å². The number of aromatic nitrogens is 2. The van der Waals surface area contributed by atoms with Gasteiger partial charge in [-0.05, 0) is 13.8 Å². The highest BCUT2D eigenvalue weighted by atomic mass is 19.1. The average Bonchev–Trinajstić information content (AvgIpc) is 2.90. The molecule has 10 nitrogen and oxygen atoms in total. The zero-order valence-electron chi connectivity index (χ0n) is 13.9. The molecule has 0 radical (unpaired) electrons. The van der Waals surface area contributed by atoms with Gasteiger partial charge in [0.1, 0.15) is 6.04 Å². The van der Waals surface area contributed by atoms with Crippen molar-refractivity contribution in [3.63, 3.8) is 0 Å². The van der Waals surface area contributed by atoms with E-state index >= 15 is 0 Å². The van der Waals surface area contributed by atoms with Crippen LogP contribution in [0.3, 0.4) is 0 Å². The maximum absolute atomic E-state index is 13.7. The van der Waals surface area contributed by atoms with Crippen LogP contribution >= 0.6 is 0 Å². The highest BCUT2D eigenvalue weighted by Crippen LogP contribution is 2.35. The first-order valence-electron chi connectivity index (χ1n) is 7.54. The fraction of sp³-hybridized carbons (Fsp3) is 0.571. The fourth-order valence-corrected chi connectivity index (χ4v) is 2.52. The third kappa shape index (κ3) is 3.33. The van der Waals surface area contributed by atoms with Crippen molar-refractivity contribution in [1.29, 1.82) is 0 Å². The second-order valence-corrected chi connectivity index (χ2v) is 5.22. The summed E-state index contributed by atoms with van der Waals surface area (Å²) in [7, 11) is 1.36. The Kier molecular flexibility index (Phi) is 5.38. The summed E-state index contributed by atoms with van der Waals surface area (Å²) in [6.45, 7) is 3.19. The smallest absolute Gasteiger partial charge is 0.362 e.